The summed E-state index contributed by atoms with van der Waals surface area (Å²) in [6.45, 7) is 4.25. The first-order chi connectivity index (χ1) is 6.92. The highest BCUT2D eigenvalue weighted by atomic mass is 79.9. The van der Waals surface area contributed by atoms with Crippen LogP contribution in [0.1, 0.15) is 30.6 Å². The van der Waals surface area contributed by atoms with Gasteiger partial charge in [-0.2, -0.15) is 0 Å². The van der Waals surface area contributed by atoms with Crippen molar-refractivity contribution in [3.8, 4) is 0 Å². The minimum Gasteiger partial charge on any atom is -0.398 e. The molecule has 0 aromatic heterocycles. The molecular weight excluding hydrogens is 254 g/mol. The van der Waals surface area contributed by atoms with Crippen LogP contribution in [0.3, 0.4) is 0 Å². The number of benzene rings is 1. The van der Waals surface area contributed by atoms with Crippen molar-refractivity contribution in [2.24, 2.45) is 11.3 Å². The molecule has 0 heterocycles. The molecule has 0 aliphatic heterocycles. The minimum atomic E-state index is 0.185. The van der Waals surface area contributed by atoms with E-state index in [4.69, 9.17) is 5.73 Å². The SMILES string of the molecule is CC1(C)CC1C(=O)c1ccc(N)c(Br)c1. The molecule has 0 bridgehead atoms. The quantitative estimate of drug-likeness (QED) is 0.660. The maximum absolute atomic E-state index is 12.0. The molecule has 1 aliphatic carbocycles. The number of nitrogen functional groups attached to an aromatic ring is 1. The van der Waals surface area contributed by atoms with E-state index in [0.29, 0.717) is 5.69 Å². The van der Waals surface area contributed by atoms with E-state index in [1.54, 1.807) is 12.1 Å². The van der Waals surface area contributed by atoms with E-state index in [1.165, 1.54) is 0 Å². The standard InChI is InChI=1S/C12H14BrNO/c1-12(2)6-8(12)11(15)7-3-4-10(14)9(13)5-7/h3-5,8H,6,14H2,1-2H3. The Morgan fingerprint density at radius 2 is 2.13 bits per heavy atom. The van der Waals surface area contributed by atoms with E-state index in [0.717, 1.165) is 16.5 Å². The predicted molar refractivity (Wildman–Crippen MR) is 64.8 cm³/mol. The van der Waals surface area contributed by atoms with Crippen LogP contribution in [-0.2, 0) is 0 Å². The molecule has 0 radical (unpaired) electrons. The second-order valence-electron chi connectivity index (χ2n) is 4.85. The van der Waals surface area contributed by atoms with Gasteiger partial charge in [-0.25, -0.2) is 0 Å². The Hall–Kier alpha value is -0.830. The molecule has 15 heavy (non-hydrogen) atoms. The first-order valence-corrected chi connectivity index (χ1v) is 5.80. The monoisotopic (exact) mass is 267 g/mol. The van der Waals surface area contributed by atoms with E-state index in [-0.39, 0.29) is 17.1 Å². The zero-order chi connectivity index (χ0) is 11.2. The van der Waals surface area contributed by atoms with Gasteiger partial charge < -0.3 is 5.73 Å². The van der Waals surface area contributed by atoms with E-state index in [9.17, 15) is 4.79 Å². The van der Waals surface area contributed by atoms with Crippen LogP contribution in [0.2, 0.25) is 0 Å². The predicted octanol–water partition coefficient (Wildman–Crippen LogP) is 3.26. The molecular formula is C12H14BrNO. The summed E-state index contributed by atoms with van der Waals surface area (Å²) < 4.78 is 0.798. The summed E-state index contributed by atoms with van der Waals surface area (Å²) in [6.07, 6.45) is 0.994. The Morgan fingerprint density at radius 3 is 2.60 bits per heavy atom. The van der Waals surface area contributed by atoms with Crippen LogP contribution < -0.4 is 5.73 Å². The average Bonchev–Trinajstić information content (AvgIpc) is 2.79. The molecule has 1 aromatic carbocycles. The summed E-state index contributed by atoms with van der Waals surface area (Å²) in [5.41, 5.74) is 7.29. The zero-order valence-corrected chi connectivity index (χ0v) is 10.5. The highest BCUT2D eigenvalue weighted by Crippen LogP contribution is 2.53. The van der Waals surface area contributed by atoms with Crippen molar-refractivity contribution < 1.29 is 4.79 Å². The van der Waals surface area contributed by atoms with Crippen molar-refractivity contribution in [3.63, 3.8) is 0 Å². The minimum absolute atomic E-state index is 0.185. The third kappa shape index (κ3) is 1.93. The number of ketones is 1. The molecule has 1 aliphatic rings. The Bertz CT molecular complexity index is 426. The van der Waals surface area contributed by atoms with E-state index in [2.05, 4.69) is 29.8 Å². The molecule has 1 aromatic rings. The molecule has 3 heteroatoms. The third-order valence-corrected chi connectivity index (χ3v) is 3.80. The molecule has 0 amide bonds. The number of carbonyl (C=O) groups is 1. The van der Waals surface area contributed by atoms with Crippen molar-refractivity contribution >= 4 is 27.4 Å². The molecule has 1 fully saturated rings. The molecule has 1 saturated carbocycles. The van der Waals surface area contributed by atoms with Gasteiger partial charge in [-0.1, -0.05) is 13.8 Å². The van der Waals surface area contributed by atoms with Gasteiger partial charge in [-0.15, -0.1) is 0 Å². The second-order valence-corrected chi connectivity index (χ2v) is 5.70. The van der Waals surface area contributed by atoms with Crippen molar-refractivity contribution in [2.45, 2.75) is 20.3 Å². The summed E-state index contributed by atoms with van der Waals surface area (Å²) in [5.74, 6) is 0.425. The normalized spacial score (nSPS) is 22.5. The van der Waals surface area contributed by atoms with E-state index >= 15 is 0 Å². The Morgan fingerprint density at radius 1 is 1.53 bits per heavy atom. The van der Waals surface area contributed by atoms with Crippen molar-refractivity contribution in [1.82, 2.24) is 0 Å². The zero-order valence-electron chi connectivity index (χ0n) is 8.88. The Labute approximate surface area is 98.0 Å². The third-order valence-electron chi connectivity index (χ3n) is 3.11. The number of rotatable bonds is 2. The van der Waals surface area contributed by atoms with E-state index in [1.807, 2.05) is 6.07 Å². The summed E-state index contributed by atoms with van der Waals surface area (Å²) in [4.78, 5) is 12.0. The van der Waals surface area contributed by atoms with Crippen LogP contribution >= 0.6 is 15.9 Å². The molecule has 2 N–H and O–H groups in total. The Kier molecular flexibility index (Phi) is 2.38. The van der Waals surface area contributed by atoms with Gasteiger partial charge in [0.1, 0.15) is 0 Å². The van der Waals surface area contributed by atoms with Gasteiger partial charge in [0.25, 0.3) is 0 Å². The number of halogens is 1. The van der Waals surface area contributed by atoms with Gasteiger partial charge in [0.2, 0.25) is 0 Å². The summed E-state index contributed by atoms with van der Waals surface area (Å²) in [5, 5.41) is 0. The van der Waals surface area contributed by atoms with Gasteiger partial charge in [-0.05, 0) is 46.0 Å². The molecule has 0 saturated heterocycles. The lowest BCUT2D eigenvalue weighted by Crippen LogP contribution is -2.06. The lowest BCUT2D eigenvalue weighted by molar-refractivity contribution is 0.0953. The second kappa shape index (κ2) is 3.34. The topological polar surface area (TPSA) is 43.1 Å². The summed E-state index contributed by atoms with van der Waals surface area (Å²) >= 11 is 3.34. The lowest BCUT2D eigenvalue weighted by atomic mass is 10.0. The molecule has 0 spiro atoms. The Balaban J connectivity index is 2.24. The largest absolute Gasteiger partial charge is 0.398 e. The fraction of sp³-hybridized carbons (Fsp3) is 0.417. The highest BCUT2D eigenvalue weighted by Gasteiger charge is 2.50. The van der Waals surface area contributed by atoms with E-state index < -0.39 is 0 Å². The van der Waals surface area contributed by atoms with Crippen LogP contribution in [0.15, 0.2) is 22.7 Å². The van der Waals surface area contributed by atoms with Crippen LogP contribution in [0.25, 0.3) is 0 Å². The van der Waals surface area contributed by atoms with Crippen LogP contribution in [0.5, 0.6) is 0 Å². The molecule has 2 rings (SSSR count). The summed E-state index contributed by atoms with van der Waals surface area (Å²) in [6, 6.07) is 5.38. The first-order valence-electron chi connectivity index (χ1n) is 5.01. The van der Waals surface area contributed by atoms with Crippen molar-refractivity contribution in [2.75, 3.05) is 5.73 Å². The maximum Gasteiger partial charge on any atom is 0.166 e. The van der Waals surface area contributed by atoms with Gasteiger partial charge >= 0.3 is 0 Å². The summed E-state index contributed by atoms with van der Waals surface area (Å²) in [7, 11) is 0. The van der Waals surface area contributed by atoms with Crippen LogP contribution in [0, 0.1) is 11.3 Å². The highest BCUT2D eigenvalue weighted by molar-refractivity contribution is 9.10. The van der Waals surface area contributed by atoms with Crippen molar-refractivity contribution in [1.29, 1.82) is 0 Å². The van der Waals surface area contributed by atoms with Crippen LogP contribution in [-0.4, -0.2) is 5.78 Å². The number of hydrogen-bond acceptors (Lipinski definition) is 2. The average molecular weight is 268 g/mol. The van der Waals surface area contributed by atoms with Crippen LogP contribution in [0.4, 0.5) is 5.69 Å². The maximum atomic E-state index is 12.0. The fourth-order valence-corrected chi connectivity index (χ4v) is 2.18. The number of hydrogen-bond donors (Lipinski definition) is 1. The molecule has 1 unspecified atom stereocenters. The van der Waals surface area contributed by atoms with Gasteiger partial charge in [0, 0.05) is 21.6 Å². The molecule has 2 nitrogen and oxygen atoms in total. The van der Waals surface area contributed by atoms with Crippen molar-refractivity contribution in [3.05, 3.63) is 28.2 Å². The number of nitrogens with two attached hydrogens (primary N) is 1. The van der Waals surface area contributed by atoms with Gasteiger partial charge in [-0.3, -0.25) is 4.79 Å². The number of Topliss-reactive ketones (excluding diaryl/α,β-unsaturated/α-hetero) is 1. The number of anilines is 1. The van der Waals surface area contributed by atoms with Gasteiger partial charge in [0.15, 0.2) is 5.78 Å². The molecule has 1 atom stereocenters. The lowest BCUT2D eigenvalue weighted by Gasteiger charge is -2.05. The fourth-order valence-electron chi connectivity index (χ4n) is 1.80. The molecule has 80 valence electrons. The smallest absolute Gasteiger partial charge is 0.166 e. The first kappa shape index (κ1) is 10.7. The number of carbonyl (C=O) groups excluding carboxylic acids is 1. The van der Waals surface area contributed by atoms with Gasteiger partial charge in [0.05, 0.1) is 0 Å².